The van der Waals surface area contributed by atoms with E-state index in [0.717, 1.165) is 0 Å². The summed E-state index contributed by atoms with van der Waals surface area (Å²) < 4.78 is 5.14. The predicted molar refractivity (Wildman–Crippen MR) is 77.6 cm³/mol. The van der Waals surface area contributed by atoms with Gasteiger partial charge in [0.2, 0.25) is 0 Å². The fourth-order valence-corrected chi connectivity index (χ4v) is 1.50. The molecular formula is C15H22N2O3. The van der Waals surface area contributed by atoms with Gasteiger partial charge in [0.25, 0.3) is 5.91 Å². The van der Waals surface area contributed by atoms with Gasteiger partial charge < -0.3 is 15.4 Å². The molecule has 0 aliphatic rings. The maximum atomic E-state index is 11.8. The van der Waals surface area contributed by atoms with Crippen molar-refractivity contribution in [2.75, 3.05) is 6.54 Å². The lowest BCUT2D eigenvalue weighted by atomic mass is 10.2. The number of carbonyl (C=O) groups excluding carboxylic acids is 2. The van der Waals surface area contributed by atoms with Gasteiger partial charge in [-0.25, -0.2) is 4.79 Å². The quantitative estimate of drug-likeness (QED) is 0.888. The van der Waals surface area contributed by atoms with Gasteiger partial charge >= 0.3 is 6.09 Å². The average Bonchev–Trinajstić information content (AvgIpc) is 2.34. The van der Waals surface area contributed by atoms with Crippen LogP contribution in [0.25, 0.3) is 0 Å². The largest absolute Gasteiger partial charge is 0.444 e. The monoisotopic (exact) mass is 278 g/mol. The smallest absolute Gasteiger partial charge is 0.407 e. The maximum absolute atomic E-state index is 11.8. The predicted octanol–water partition coefficient (Wildman–Crippen LogP) is 2.33. The van der Waals surface area contributed by atoms with E-state index in [0.29, 0.717) is 12.1 Å². The van der Waals surface area contributed by atoms with E-state index in [1.807, 2.05) is 6.07 Å². The number of ether oxygens (including phenoxy) is 1. The van der Waals surface area contributed by atoms with E-state index in [-0.39, 0.29) is 11.9 Å². The lowest BCUT2D eigenvalue weighted by molar-refractivity contribution is 0.0506. The van der Waals surface area contributed by atoms with Crippen molar-refractivity contribution in [1.82, 2.24) is 10.6 Å². The summed E-state index contributed by atoms with van der Waals surface area (Å²) in [6, 6.07) is 8.72. The van der Waals surface area contributed by atoms with Gasteiger partial charge in [-0.05, 0) is 39.8 Å². The van der Waals surface area contributed by atoms with Crippen LogP contribution in [0.2, 0.25) is 0 Å². The van der Waals surface area contributed by atoms with Gasteiger partial charge in [-0.1, -0.05) is 18.2 Å². The Bertz CT molecular complexity index is 452. The molecule has 0 saturated heterocycles. The summed E-state index contributed by atoms with van der Waals surface area (Å²) >= 11 is 0. The Hall–Kier alpha value is -2.04. The van der Waals surface area contributed by atoms with Crippen LogP contribution < -0.4 is 10.6 Å². The third-order valence-corrected chi connectivity index (χ3v) is 2.37. The number of amides is 2. The second-order valence-corrected chi connectivity index (χ2v) is 5.62. The summed E-state index contributed by atoms with van der Waals surface area (Å²) in [5, 5.41) is 5.43. The summed E-state index contributed by atoms with van der Waals surface area (Å²) in [5.41, 5.74) is 0.0638. The molecule has 0 radical (unpaired) electrons. The summed E-state index contributed by atoms with van der Waals surface area (Å²) in [4.78, 5) is 23.3. The molecule has 1 aromatic rings. The lowest BCUT2D eigenvalue weighted by Gasteiger charge is -2.22. The second-order valence-electron chi connectivity index (χ2n) is 5.62. The zero-order chi connectivity index (χ0) is 15.2. The summed E-state index contributed by atoms with van der Waals surface area (Å²) in [6.07, 6.45) is -0.487. The molecule has 1 rings (SSSR count). The van der Waals surface area contributed by atoms with Crippen molar-refractivity contribution in [3.05, 3.63) is 35.9 Å². The summed E-state index contributed by atoms with van der Waals surface area (Å²) in [7, 11) is 0. The highest BCUT2D eigenvalue weighted by Gasteiger charge is 2.17. The lowest BCUT2D eigenvalue weighted by Crippen LogP contribution is -2.43. The van der Waals surface area contributed by atoms with E-state index in [9.17, 15) is 9.59 Å². The number of carbonyl (C=O) groups is 2. The normalized spacial score (nSPS) is 12.4. The Kier molecular flexibility index (Phi) is 5.55. The molecule has 1 aromatic carbocycles. The molecule has 20 heavy (non-hydrogen) atoms. The molecule has 0 aromatic heterocycles. The Balaban J connectivity index is 2.35. The topological polar surface area (TPSA) is 67.4 Å². The fraction of sp³-hybridized carbons (Fsp3) is 0.467. The van der Waals surface area contributed by atoms with E-state index >= 15 is 0 Å². The number of nitrogens with one attached hydrogen (secondary N) is 2. The molecule has 1 unspecified atom stereocenters. The van der Waals surface area contributed by atoms with Crippen molar-refractivity contribution in [2.45, 2.75) is 39.3 Å². The number of hydrogen-bond donors (Lipinski definition) is 2. The van der Waals surface area contributed by atoms with Crippen molar-refractivity contribution in [3.8, 4) is 0 Å². The van der Waals surface area contributed by atoms with Crippen molar-refractivity contribution < 1.29 is 14.3 Å². The minimum Gasteiger partial charge on any atom is -0.444 e. The van der Waals surface area contributed by atoms with Crippen LogP contribution >= 0.6 is 0 Å². The number of alkyl carbamates (subject to hydrolysis) is 1. The van der Waals surface area contributed by atoms with Crippen molar-refractivity contribution in [3.63, 3.8) is 0 Å². The minimum absolute atomic E-state index is 0.163. The number of benzene rings is 1. The van der Waals surface area contributed by atoms with Crippen LogP contribution in [0, 0.1) is 0 Å². The highest BCUT2D eigenvalue weighted by atomic mass is 16.6. The van der Waals surface area contributed by atoms with Gasteiger partial charge in [-0.15, -0.1) is 0 Å². The Labute approximate surface area is 119 Å². The summed E-state index contributed by atoms with van der Waals surface area (Å²) in [6.45, 7) is 7.54. The van der Waals surface area contributed by atoms with Gasteiger partial charge in [-0.2, -0.15) is 0 Å². The zero-order valence-electron chi connectivity index (χ0n) is 12.4. The highest BCUT2D eigenvalue weighted by Crippen LogP contribution is 2.06. The molecule has 0 aliphatic carbocycles. The molecule has 110 valence electrons. The number of hydrogen-bond acceptors (Lipinski definition) is 3. The molecule has 0 aliphatic heterocycles. The van der Waals surface area contributed by atoms with Crippen LogP contribution in [0.4, 0.5) is 4.79 Å². The highest BCUT2D eigenvalue weighted by molar-refractivity contribution is 5.94. The Morgan fingerprint density at radius 2 is 1.80 bits per heavy atom. The minimum atomic E-state index is -0.531. The first-order valence-electron chi connectivity index (χ1n) is 6.61. The molecule has 0 saturated carbocycles. The van der Waals surface area contributed by atoms with E-state index in [2.05, 4.69) is 10.6 Å². The van der Waals surface area contributed by atoms with Crippen LogP contribution in [-0.2, 0) is 4.74 Å². The van der Waals surface area contributed by atoms with Gasteiger partial charge in [-0.3, -0.25) is 4.79 Å². The van der Waals surface area contributed by atoms with Gasteiger partial charge in [0, 0.05) is 18.2 Å². The van der Waals surface area contributed by atoms with Crippen molar-refractivity contribution >= 4 is 12.0 Å². The first kappa shape index (κ1) is 16.0. The fourth-order valence-electron chi connectivity index (χ4n) is 1.50. The molecule has 1 atom stereocenters. The molecule has 0 fully saturated rings. The van der Waals surface area contributed by atoms with Crippen molar-refractivity contribution in [2.24, 2.45) is 0 Å². The molecule has 5 nitrogen and oxygen atoms in total. The van der Waals surface area contributed by atoms with E-state index in [4.69, 9.17) is 4.74 Å². The van der Waals surface area contributed by atoms with E-state index in [1.165, 1.54) is 0 Å². The average molecular weight is 278 g/mol. The molecule has 5 heteroatoms. The zero-order valence-corrected chi connectivity index (χ0v) is 12.4. The molecule has 0 heterocycles. The first-order valence-corrected chi connectivity index (χ1v) is 6.61. The van der Waals surface area contributed by atoms with E-state index < -0.39 is 11.7 Å². The van der Waals surface area contributed by atoms with Crippen LogP contribution in [0.15, 0.2) is 30.3 Å². The van der Waals surface area contributed by atoms with Crippen LogP contribution in [-0.4, -0.2) is 30.2 Å². The molecule has 0 spiro atoms. The van der Waals surface area contributed by atoms with Gasteiger partial charge in [0.1, 0.15) is 5.60 Å². The molecule has 2 N–H and O–H groups in total. The number of rotatable bonds is 4. The Morgan fingerprint density at radius 1 is 1.20 bits per heavy atom. The van der Waals surface area contributed by atoms with E-state index in [1.54, 1.807) is 52.0 Å². The van der Waals surface area contributed by atoms with Gasteiger partial charge in [0.15, 0.2) is 0 Å². The molecule has 0 bridgehead atoms. The third kappa shape index (κ3) is 6.22. The van der Waals surface area contributed by atoms with Crippen LogP contribution in [0.1, 0.15) is 38.1 Å². The van der Waals surface area contributed by atoms with Crippen LogP contribution in [0.3, 0.4) is 0 Å². The van der Waals surface area contributed by atoms with Crippen molar-refractivity contribution in [1.29, 1.82) is 0 Å². The van der Waals surface area contributed by atoms with Crippen LogP contribution in [0.5, 0.6) is 0 Å². The Morgan fingerprint density at radius 3 is 2.35 bits per heavy atom. The SMILES string of the molecule is CC(CNC(=O)c1ccccc1)NC(=O)OC(C)(C)C. The molecule has 2 amide bonds. The summed E-state index contributed by atoms with van der Waals surface area (Å²) in [5.74, 6) is -0.163. The third-order valence-electron chi connectivity index (χ3n) is 2.37. The molecular weight excluding hydrogens is 256 g/mol. The van der Waals surface area contributed by atoms with Gasteiger partial charge in [0.05, 0.1) is 0 Å². The standard InChI is InChI=1S/C15H22N2O3/c1-11(17-14(19)20-15(2,3)4)10-16-13(18)12-8-6-5-7-9-12/h5-9,11H,10H2,1-4H3,(H,16,18)(H,17,19). The maximum Gasteiger partial charge on any atom is 0.407 e. The first-order chi connectivity index (χ1) is 9.28. The second kappa shape index (κ2) is 6.93.